The maximum absolute atomic E-state index is 13.2. The van der Waals surface area contributed by atoms with Crippen LogP contribution in [0.3, 0.4) is 0 Å². The van der Waals surface area contributed by atoms with Crippen LogP contribution in [0.25, 0.3) is 0 Å². The van der Waals surface area contributed by atoms with Crippen molar-refractivity contribution in [1.29, 1.82) is 0 Å². The zero-order valence-corrected chi connectivity index (χ0v) is 22.0. The van der Waals surface area contributed by atoms with E-state index in [-0.39, 0.29) is 17.2 Å². The van der Waals surface area contributed by atoms with Crippen LogP contribution in [-0.2, 0) is 28.9 Å². The number of carbonyl (C=O) groups is 2. The van der Waals surface area contributed by atoms with Crippen LogP contribution in [0.5, 0.6) is 0 Å². The number of hydrogen-bond donors (Lipinski definition) is 2. The third-order valence-corrected chi connectivity index (χ3v) is 6.67. The van der Waals surface area contributed by atoms with Crippen molar-refractivity contribution < 1.29 is 14.3 Å². The van der Waals surface area contributed by atoms with Gasteiger partial charge < -0.3 is 15.4 Å². The summed E-state index contributed by atoms with van der Waals surface area (Å²) in [6, 6.07) is 23.6. The Morgan fingerprint density at radius 2 is 1.50 bits per heavy atom. The Hall–Kier alpha value is -3.32. The van der Waals surface area contributed by atoms with Gasteiger partial charge in [-0.3, -0.25) is 9.78 Å². The van der Waals surface area contributed by atoms with Crippen molar-refractivity contribution in [2.45, 2.75) is 57.1 Å². The van der Waals surface area contributed by atoms with Gasteiger partial charge in [-0.05, 0) is 56.4 Å². The Morgan fingerprint density at radius 1 is 0.889 bits per heavy atom. The van der Waals surface area contributed by atoms with Crippen molar-refractivity contribution >= 4 is 23.8 Å². The van der Waals surface area contributed by atoms with Crippen molar-refractivity contribution in [3.63, 3.8) is 0 Å². The Kier molecular flexibility index (Phi) is 10.4. The van der Waals surface area contributed by atoms with Crippen LogP contribution >= 0.6 is 11.8 Å². The molecule has 36 heavy (non-hydrogen) atoms. The SMILES string of the molecule is CC(C)(C)OC(=O)N[C@@H](CS[C@H](Cc1ccccc1)C(=O)NCc1cccnc1)Cc1ccccc1. The summed E-state index contributed by atoms with van der Waals surface area (Å²) in [6.45, 7) is 5.95. The minimum absolute atomic E-state index is 0.0385. The average Bonchev–Trinajstić information content (AvgIpc) is 2.85. The molecule has 3 rings (SSSR count). The van der Waals surface area contributed by atoms with Crippen LogP contribution in [0.15, 0.2) is 85.2 Å². The quantitative estimate of drug-likeness (QED) is 0.375. The average molecular weight is 506 g/mol. The second kappa shape index (κ2) is 13.7. The Balaban J connectivity index is 1.70. The van der Waals surface area contributed by atoms with E-state index in [1.165, 1.54) is 0 Å². The van der Waals surface area contributed by atoms with Crippen molar-refractivity contribution in [2.24, 2.45) is 0 Å². The molecule has 0 aliphatic heterocycles. The van der Waals surface area contributed by atoms with E-state index in [0.29, 0.717) is 25.1 Å². The lowest BCUT2D eigenvalue weighted by molar-refractivity contribution is -0.120. The lowest BCUT2D eigenvalue weighted by Crippen LogP contribution is -2.42. The van der Waals surface area contributed by atoms with Crippen molar-refractivity contribution in [3.05, 3.63) is 102 Å². The summed E-state index contributed by atoms with van der Waals surface area (Å²) in [5.41, 5.74) is 2.56. The number of amides is 2. The van der Waals surface area contributed by atoms with E-state index in [2.05, 4.69) is 15.6 Å². The number of hydrogen-bond acceptors (Lipinski definition) is 5. The number of nitrogens with one attached hydrogen (secondary N) is 2. The molecule has 1 aromatic heterocycles. The van der Waals surface area contributed by atoms with E-state index < -0.39 is 11.7 Å². The zero-order chi connectivity index (χ0) is 25.8. The van der Waals surface area contributed by atoms with Gasteiger partial charge in [0.2, 0.25) is 5.91 Å². The molecule has 0 fully saturated rings. The van der Waals surface area contributed by atoms with Gasteiger partial charge in [-0.1, -0.05) is 66.7 Å². The second-order valence-corrected chi connectivity index (χ2v) is 10.9. The molecule has 7 heteroatoms. The summed E-state index contributed by atoms with van der Waals surface area (Å²) in [7, 11) is 0. The molecule has 0 spiro atoms. The van der Waals surface area contributed by atoms with E-state index >= 15 is 0 Å². The number of pyridine rings is 1. The zero-order valence-electron chi connectivity index (χ0n) is 21.1. The number of carbonyl (C=O) groups excluding carboxylic acids is 2. The molecule has 1 heterocycles. The minimum atomic E-state index is -0.587. The van der Waals surface area contributed by atoms with Crippen LogP contribution < -0.4 is 10.6 Å². The molecule has 0 aliphatic rings. The number of aromatic nitrogens is 1. The normalized spacial score (nSPS) is 12.9. The van der Waals surface area contributed by atoms with Gasteiger partial charge in [-0.15, -0.1) is 11.8 Å². The maximum atomic E-state index is 13.2. The first-order valence-corrected chi connectivity index (χ1v) is 13.2. The first-order valence-electron chi connectivity index (χ1n) is 12.1. The van der Waals surface area contributed by atoms with E-state index in [0.717, 1.165) is 16.7 Å². The molecule has 2 atom stereocenters. The number of nitrogens with zero attached hydrogens (tertiary/aromatic N) is 1. The maximum Gasteiger partial charge on any atom is 0.407 e. The highest BCUT2D eigenvalue weighted by Crippen LogP contribution is 2.20. The molecular weight excluding hydrogens is 470 g/mol. The summed E-state index contributed by atoms with van der Waals surface area (Å²) >= 11 is 1.55. The smallest absolute Gasteiger partial charge is 0.407 e. The lowest BCUT2D eigenvalue weighted by Gasteiger charge is -2.25. The number of rotatable bonds is 11. The third-order valence-electron chi connectivity index (χ3n) is 5.29. The minimum Gasteiger partial charge on any atom is -0.444 e. The largest absolute Gasteiger partial charge is 0.444 e. The topological polar surface area (TPSA) is 80.3 Å². The standard InChI is InChI=1S/C29H35N3O3S/c1-29(2,3)35-28(34)32-25(17-22-11-6-4-7-12-22)21-36-26(18-23-13-8-5-9-14-23)27(33)31-20-24-15-10-16-30-19-24/h4-16,19,25-26H,17-18,20-21H2,1-3H3,(H,31,33)(H,32,34)/t25-,26-/m1/s1. The van der Waals surface area contributed by atoms with Gasteiger partial charge in [0.15, 0.2) is 0 Å². The van der Waals surface area contributed by atoms with Crippen LogP contribution in [-0.4, -0.2) is 39.6 Å². The lowest BCUT2D eigenvalue weighted by atomic mass is 10.1. The van der Waals surface area contributed by atoms with Crippen molar-refractivity contribution in [2.75, 3.05) is 5.75 Å². The molecule has 0 unspecified atom stereocenters. The molecular formula is C29H35N3O3S. The monoisotopic (exact) mass is 505 g/mol. The molecule has 190 valence electrons. The Labute approximate surface area is 218 Å². The van der Waals surface area contributed by atoms with Crippen molar-refractivity contribution in [1.82, 2.24) is 15.6 Å². The highest BCUT2D eigenvalue weighted by Gasteiger charge is 2.24. The van der Waals surface area contributed by atoms with Crippen molar-refractivity contribution in [3.8, 4) is 0 Å². The van der Waals surface area contributed by atoms with E-state index in [1.54, 1.807) is 24.2 Å². The fourth-order valence-corrected chi connectivity index (χ4v) is 4.83. The number of ether oxygens (including phenoxy) is 1. The van der Waals surface area contributed by atoms with Crippen LogP contribution in [0.1, 0.15) is 37.5 Å². The summed E-state index contributed by atoms with van der Waals surface area (Å²) in [5.74, 6) is 0.523. The molecule has 0 saturated carbocycles. The molecule has 0 radical (unpaired) electrons. The van der Waals surface area contributed by atoms with Gasteiger partial charge in [0.25, 0.3) is 0 Å². The van der Waals surface area contributed by atoms with Crippen LogP contribution in [0.2, 0.25) is 0 Å². The summed E-state index contributed by atoms with van der Waals surface area (Å²) in [6.07, 6.45) is 4.24. The van der Waals surface area contributed by atoms with Crippen LogP contribution in [0.4, 0.5) is 4.79 Å². The fourth-order valence-electron chi connectivity index (χ4n) is 3.62. The van der Waals surface area contributed by atoms with Gasteiger partial charge >= 0.3 is 6.09 Å². The van der Waals surface area contributed by atoms with Gasteiger partial charge in [0.05, 0.1) is 5.25 Å². The predicted octanol–water partition coefficient (Wildman–Crippen LogP) is 5.18. The number of alkyl carbamates (subject to hydrolysis) is 1. The molecule has 2 amide bonds. The highest BCUT2D eigenvalue weighted by molar-refractivity contribution is 8.00. The molecule has 0 bridgehead atoms. The van der Waals surface area contributed by atoms with Gasteiger partial charge in [0, 0.05) is 30.7 Å². The van der Waals surface area contributed by atoms with E-state index in [9.17, 15) is 9.59 Å². The van der Waals surface area contributed by atoms with E-state index in [1.807, 2.05) is 93.6 Å². The highest BCUT2D eigenvalue weighted by atomic mass is 32.2. The molecule has 6 nitrogen and oxygen atoms in total. The Bertz CT molecular complexity index is 1070. The van der Waals surface area contributed by atoms with Gasteiger partial charge in [-0.2, -0.15) is 0 Å². The third kappa shape index (κ3) is 10.1. The van der Waals surface area contributed by atoms with Crippen LogP contribution in [0, 0.1) is 0 Å². The van der Waals surface area contributed by atoms with Gasteiger partial charge in [-0.25, -0.2) is 4.79 Å². The molecule has 2 N–H and O–H groups in total. The summed E-state index contributed by atoms with van der Waals surface area (Å²) in [4.78, 5) is 29.9. The molecule has 3 aromatic rings. The first-order chi connectivity index (χ1) is 17.3. The molecule has 2 aromatic carbocycles. The Morgan fingerprint density at radius 3 is 2.08 bits per heavy atom. The summed E-state index contributed by atoms with van der Waals surface area (Å²) < 4.78 is 5.50. The number of thioether (sulfide) groups is 1. The fraction of sp³-hybridized carbons (Fsp3) is 0.345. The number of benzene rings is 2. The molecule has 0 aliphatic carbocycles. The molecule has 0 saturated heterocycles. The first kappa shape index (κ1) is 27.3. The van der Waals surface area contributed by atoms with Gasteiger partial charge in [0.1, 0.15) is 5.60 Å². The second-order valence-electron chi connectivity index (χ2n) is 9.62. The van der Waals surface area contributed by atoms with E-state index in [4.69, 9.17) is 4.74 Å². The summed E-state index contributed by atoms with van der Waals surface area (Å²) in [5, 5.41) is 5.75. The predicted molar refractivity (Wildman–Crippen MR) is 146 cm³/mol.